The molecule has 5 heteroatoms. The summed E-state index contributed by atoms with van der Waals surface area (Å²) in [5.74, 6) is 1.93. The number of nitrogens with zero attached hydrogens (tertiary/aromatic N) is 3. The lowest BCUT2D eigenvalue weighted by Gasteiger charge is -2.23. The molecule has 0 amide bonds. The number of hydrogen-bond acceptors (Lipinski definition) is 4. The number of aromatic nitrogens is 3. The van der Waals surface area contributed by atoms with Gasteiger partial charge in [0.15, 0.2) is 5.82 Å². The molecule has 0 aliphatic rings. The van der Waals surface area contributed by atoms with Crippen LogP contribution in [-0.2, 0) is 12.8 Å². The Morgan fingerprint density at radius 2 is 2.11 bits per heavy atom. The highest BCUT2D eigenvalue weighted by Crippen LogP contribution is 2.27. The number of aryl methyl sites for hydroxylation is 2. The molecule has 104 valence electrons. The Hall–Kier alpha value is -1.20. The molecule has 2 rings (SSSR count). The molecule has 0 spiro atoms. The van der Waals surface area contributed by atoms with E-state index in [9.17, 15) is 0 Å². The maximum Gasteiger partial charge on any atom is 0.150 e. The van der Waals surface area contributed by atoms with Crippen molar-refractivity contribution in [3.63, 3.8) is 0 Å². The first-order chi connectivity index (χ1) is 9.21. The van der Waals surface area contributed by atoms with E-state index in [0.717, 1.165) is 30.9 Å². The van der Waals surface area contributed by atoms with Gasteiger partial charge >= 0.3 is 0 Å². The fourth-order valence-electron chi connectivity index (χ4n) is 2.21. The van der Waals surface area contributed by atoms with E-state index in [1.165, 1.54) is 4.88 Å². The summed E-state index contributed by atoms with van der Waals surface area (Å²) in [4.78, 5) is 5.86. The van der Waals surface area contributed by atoms with Gasteiger partial charge in [-0.25, -0.2) is 9.67 Å². The molecule has 0 radical (unpaired) electrons. The summed E-state index contributed by atoms with van der Waals surface area (Å²) in [6, 6.07) is 4.37. The van der Waals surface area contributed by atoms with E-state index in [1.807, 2.05) is 4.68 Å². The van der Waals surface area contributed by atoms with Gasteiger partial charge in [0.2, 0.25) is 0 Å². The second kappa shape index (κ2) is 6.30. The molecule has 0 aromatic carbocycles. The van der Waals surface area contributed by atoms with E-state index in [2.05, 4.69) is 48.4 Å². The van der Waals surface area contributed by atoms with Crippen LogP contribution in [0.25, 0.3) is 0 Å². The molecule has 2 unspecified atom stereocenters. The minimum absolute atomic E-state index is 0.0651. The van der Waals surface area contributed by atoms with Crippen LogP contribution in [0.4, 0.5) is 0 Å². The van der Waals surface area contributed by atoms with E-state index in [4.69, 9.17) is 5.73 Å². The third-order valence-corrected chi connectivity index (χ3v) is 4.30. The van der Waals surface area contributed by atoms with Crippen LogP contribution in [0.3, 0.4) is 0 Å². The summed E-state index contributed by atoms with van der Waals surface area (Å²) in [6.45, 7) is 6.32. The number of hydrogen-bond donors (Lipinski definition) is 1. The van der Waals surface area contributed by atoms with Crippen LogP contribution in [0.1, 0.15) is 49.8 Å². The second-order valence-electron chi connectivity index (χ2n) is 4.63. The van der Waals surface area contributed by atoms with Crippen LogP contribution < -0.4 is 5.73 Å². The second-order valence-corrected chi connectivity index (χ2v) is 5.61. The quantitative estimate of drug-likeness (QED) is 0.884. The van der Waals surface area contributed by atoms with Crippen molar-refractivity contribution in [3.05, 3.63) is 34.0 Å². The Kier molecular flexibility index (Phi) is 4.71. The molecular formula is C14H22N4S. The van der Waals surface area contributed by atoms with E-state index in [0.29, 0.717) is 0 Å². The SMILES string of the molecule is CCc1nc(CC)n(C(c2cccs2)C(N)CC)n1. The summed E-state index contributed by atoms with van der Waals surface area (Å²) in [5, 5.41) is 6.75. The highest BCUT2D eigenvalue weighted by molar-refractivity contribution is 7.10. The minimum atomic E-state index is 0.0651. The Bertz CT molecular complexity index is 504. The van der Waals surface area contributed by atoms with Crippen LogP contribution in [0.2, 0.25) is 0 Å². The van der Waals surface area contributed by atoms with E-state index < -0.39 is 0 Å². The minimum Gasteiger partial charge on any atom is -0.326 e. The van der Waals surface area contributed by atoms with E-state index in [-0.39, 0.29) is 12.1 Å². The van der Waals surface area contributed by atoms with Gasteiger partial charge in [0.25, 0.3) is 0 Å². The Balaban J connectivity index is 2.46. The summed E-state index contributed by atoms with van der Waals surface area (Å²) in [5.41, 5.74) is 6.33. The van der Waals surface area contributed by atoms with Gasteiger partial charge in [-0.1, -0.05) is 26.8 Å². The van der Waals surface area contributed by atoms with Gasteiger partial charge in [-0.15, -0.1) is 11.3 Å². The smallest absolute Gasteiger partial charge is 0.150 e. The standard InChI is InChI=1S/C14H22N4S/c1-4-10(15)14(11-8-7-9-19-11)18-13(6-3)16-12(5-2)17-18/h7-10,14H,4-6,15H2,1-3H3. The molecule has 0 aliphatic carbocycles. The monoisotopic (exact) mass is 278 g/mol. The molecule has 0 fully saturated rings. The summed E-state index contributed by atoms with van der Waals surface area (Å²) < 4.78 is 2.04. The predicted molar refractivity (Wildman–Crippen MR) is 79.5 cm³/mol. The molecule has 4 nitrogen and oxygen atoms in total. The molecule has 2 atom stereocenters. The molecule has 19 heavy (non-hydrogen) atoms. The molecule has 0 aliphatic heterocycles. The Labute approximate surface area is 118 Å². The lowest BCUT2D eigenvalue weighted by Crippen LogP contribution is -2.33. The van der Waals surface area contributed by atoms with Crippen molar-refractivity contribution in [3.8, 4) is 0 Å². The maximum absolute atomic E-state index is 6.33. The van der Waals surface area contributed by atoms with Crippen LogP contribution in [0.15, 0.2) is 17.5 Å². The largest absolute Gasteiger partial charge is 0.326 e. The fraction of sp³-hybridized carbons (Fsp3) is 0.571. The molecule has 0 saturated carbocycles. The normalized spacial score (nSPS) is 14.5. The molecule has 2 aromatic rings. The van der Waals surface area contributed by atoms with Crippen LogP contribution in [0, 0.1) is 0 Å². The lowest BCUT2D eigenvalue weighted by molar-refractivity contribution is 0.415. The first-order valence-electron chi connectivity index (χ1n) is 6.94. The zero-order valence-corrected chi connectivity index (χ0v) is 12.7. The summed E-state index contributed by atoms with van der Waals surface area (Å²) >= 11 is 1.74. The van der Waals surface area contributed by atoms with Crippen molar-refractivity contribution in [1.82, 2.24) is 14.8 Å². The van der Waals surface area contributed by atoms with Crippen LogP contribution in [-0.4, -0.2) is 20.8 Å². The average molecular weight is 278 g/mol. The average Bonchev–Trinajstić information content (AvgIpc) is 3.08. The van der Waals surface area contributed by atoms with Crippen molar-refractivity contribution in [2.45, 2.75) is 52.1 Å². The van der Waals surface area contributed by atoms with Crippen molar-refractivity contribution >= 4 is 11.3 Å². The topological polar surface area (TPSA) is 56.7 Å². The van der Waals surface area contributed by atoms with Gasteiger partial charge in [-0.05, 0) is 17.9 Å². The van der Waals surface area contributed by atoms with Gasteiger partial charge < -0.3 is 5.73 Å². The van der Waals surface area contributed by atoms with E-state index in [1.54, 1.807) is 11.3 Å². The molecule has 0 saturated heterocycles. The third-order valence-electron chi connectivity index (χ3n) is 3.35. The third kappa shape index (κ3) is 2.87. The lowest BCUT2D eigenvalue weighted by atomic mass is 10.1. The number of thiophene rings is 1. The summed E-state index contributed by atoms with van der Waals surface area (Å²) in [6.07, 6.45) is 2.66. The molecule has 2 aromatic heterocycles. The first kappa shape index (κ1) is 14.2. The van der Waals surface area contributed by atoms with Crippen LogP contribution >= 0.6 is 11.3 Å². The number of rotatable bonds is 6. The van der Waals surface area contributed by atoms with Gasteiger partial charge in [0.1, 0.15) is 11.9 Å². The van der Waals surface area contributed by atoms with Crippen molar-refractivity contribution < 1.29 is 0 Å². The van der Waals surface area contributed by atoms with Gasteiger partial charge in [-0.3, -0.25) is 0 Å². The molecular weight excluding hydrogens is 256 g/mol. The van der Waals surface area contributed by atoms with Gasteiger partial charge in [0, 0.05) is 23.8 Å². The van der Waals surface area contributed by atoms with Gasteiger partial charge in [0.05, 0.1) is 0 Å². The van der Waals surface area contributed by atoms with Crippen molar-refractivity contribution in [2.24, 2.45) is 5.73 Å². The highest BCUT2D eigenvalue weighted by Gasteiger charge is 2.25. The highest BCUT2D eigenvalue weighted by atomic mass is 32.1. The predicted octanol–water partition coefficient (Wildman–Crippen LogP) is 2.79. The number of nitrogens with two attached hydrogens (primary N) is 1. The van der Waals surface area contributed by atoms with Crippen molar-refractivity contribution in [2.75, 3.05) is 0 Å². The fourth-order valence-corrected chi connectivity index (χ4v) is 3.10. The van der Waals surface area contributed by atoms with Gasteiger partial charge in [-0.2, -0.15) is 5.10 Å². The maximum atomic E-state index is 6.33. The van der Waals surface area contributed by atoms with E-state index >= 15 is 0 Å². The molecule has 2 N–H and O–H groups in total. The first-order valence-corrected chi connectivity index (χ1v) is 7.82. The molecule has 2 heterocycles. The zero-order valence-electron chi connectivity index (χ0n) is 11.8. The van der Waals surface area contributed by atoms with Crippen molar-refractivity contribution in [1.29, 1.82) is 0 Å². The Morgan fingerprint density at radius 3 is 2.63 bits per heavy atom. The molecule has 0 bridgehead atoms. The Morgan fingerprint density at radius 1 is 1.32 bits per heavy atom. The van der Waals surface area contributed by atoms with Crippen LogP contribution in [0.5, 0.6) is 0 Å². The summed E-state index contributed by atoms with van der Waals surface area (Å²) in [7, 11) is 0. The zero-order chi connectivity index (χ0) is 13.8.